The van der Waals surface area contributed by atoms with Gasteiger partial charge in [0.1, 0.15) is 0 Å². The monoisotopic (exact) mass is 288 g/mol. The van der Waals surface area contributed by atoms with E-state index in [0.717, 1.165) is 30.9 Å². The van der Waals surface area contributed by atoms with Crippen molar-refractivity contribution in [1.82, 2.24) is 0 Å². The maximum Gasteiger partial charge on any atom is 0.233 e. The molecular formula is C17H24N2O2. The first-order valence-corrected chi connectivity index (χ1v) is 7.89. The average molecular weight is 288 g/mol. The number of anilines is 2. The van der Waals surface area contributed by atoms with E-state index in [1.54, 1.807) is 0 Å². The van der Waals surface area contributed by atoms with Gasteiger partial charge in [0.15, 0.2) is 0 Å². The Bertz CT molecular complexity index is 531. The zero-order chi connectivity index (χ0) is 15.0. The molecule has 0 aliphatic carbocycles. The van der Waals surface area contributed by atoms with E-state index in [1.807, 2.05) is 36.1 Å². The lowest BCUT2D eigenvalue weighted by Crippen LogP contribution is -2.41. The van der Waals surface area contributed by atoms with Crippen LogP contribution >= 0.6 is 0 Å². The predicted octanol–water partition coefficient (Wildman–Crippen LogP) is 2.89. The molecule has 0 radical (unpaired) electrons. The molecule has 0 saturated carbocycles. The number of amides is 1. The van der Waals surface area contributed by atoms with Gasteiger partial charge >= 0.3 is 0 Å². The number of nitrogens with zero attached hydrogens (tertiary/aromatic N) is 1. The van der Waals surface area contributed by atoms with Crippen LogP contribution in [-0.4, -0.2) is 31.2 Å². The highest BCUT2D eigenvalue weighted by molar-refractivity contribution is 5.99. The Morgan fingerprint density at radius 2 is 2.00 bits per heavy atom. The quantitative estimate of drug-likeness (QED) is 0.864. The second-order valence-electron chi connectivity index (χ2n) is 6.22. The molecule has 2 heterocycles. The molecule has 0 bridgehead atoms. The number of fused-ring (bicyclic) bond motifs is 1. The smallest absolute Gasteiger partial charge is 0.233 e. The van der Waals surface area contributed by atoms with Crippen molar-refractivity contribution in [2.45, 2.75) is 39.4 Å². The third-order valence-electron chi connectivity index (χ3n) is 4.86. The van der Waals surface area contributed by atoms with Gasteiger partial charge in [0.05, 0.1) is 29.5 Å². The van der Waals surface area contributed by atoms with Gasteiger partial charge in [-0.2, -0.15) is 0 Å². The maximum absolute atomic E-state index is 13.1. The zero-order valence-electron chi connectivity index (χ0n) is 13.0. The Labute approximate surface area is 126 Å². The molecule has 2 aliphatic heterocycles. The summed E-state index contributed by atoms with van der Waals surface area (Å²) in [5.41, 5.74) is 2.05. The Morgan fingerprint density at radius 3 is 2.71 bits per heavy atom. The van der Waals surface area contributed by atoms with Crippen LogP contribution in [0.1, 0.15) is 27.2 Å². The summed E-state index contributed by atoms with van der Waals surface area (Å²) >= 11 is 0. The molecule has 1 fully saturated rings. The van der Waals surface area contributed by atoms with Crippen molar-refractivity contribution in [2.24, 2.45) is 11.8 Å². The van der Waals surface area contributed by atoms with Crippen molar-refractivity contribution >= 4 is 17.3 Å². The fourth-order valence-electron chi connectivity index (χ4n) is 3.54. The van der Waals surface area contributed by atoms with Crippen LogP contribution in [-0.2, 0) is 9.53 Å². The lowest BCUT2D eigenvalue weighted by atomic mass is 9.88. The Balaban J connectivity index is 1.91. The van der Waals surface area contributed by atoms with Gasteiger partial charge in [-0.15, -0.1) is 0 Å². The van der Waals surface area contributed by atoms with Crippen molar-refractivity contribution in [3.63, 3.8) is 0 Å². The minimum Gasteiger partial charge on any atom is -0.383 e. The molecule has 4 heteroatoms. The van der Waals surface area contributed by atoms with E-state index in [-0.39, 0.29) is 30.0 Å². The molecule has 4 atom stereocenters. The third-order valence-corrected chi connectivity index (χ3v) is 4.86. The van der Waals surface area contributed by atoms with Crippen LogP contribution in [0.2, 0.25) is 0 Å². The molecule has 1 saturated heterocycles. The molecular weight excluding hydrogens is 264 g/mol. The van der Waals surface area contributed by atoms with Crippen LogP contribution in [0.3, 0.4) is 0 Å². The molecule has 0 spiro atoms. The van der Waals surface area contributed by atoms with Crippen molar-refractivity contribution in [3.8, 4) is 0 Å². The zero-order valence-corrected chi connectivity index (χ0v) is 13.0. The third kappa shape index (κ3) is 2.53. The second-order valence-corrected chi connectivity index (χ2v) is 6.22. The van der Waals surface area contributed by atoms with E-state index in [1.165, 1.54) is 0 Å². The van der Waals surface area contributed by atoms with Gasteiger partial charge in [0, 0.05) is 13.1 Å². The largest absolute Gasteiger partial charge is 0.383 e. The van der Waals surface area contributed by atoms with Gasteiger partial charge in [-0.1, -0.05) is 19.1 Å². The highest BCUT2D eigenvalue weighted by Gasteiger charge is 2.43. The predicted molar refractivity (Wildman–Crippen MR) is 84.6 cm³/mol. The summed E-state index contributed by atoms with van der Waals surface area (Å²) in [6, 6.07) is 8.07. The summed E-state index contributed by atoms with van der Waals surface area (Å²) in [6.07, 6.45) is 1.10. The van der Waals surface area contributed by atoms with Crippen molar-refractivity contribution in [3.05, 3.63) is 24.3 Å². The van der Waals surface area contributed by atoms with Crippen molar-refractivity contribution < 1.29 is 9.53 Å². The van der Waals surface area contributed by atoms with Crippen LogP contribution in [0.25, 0.3) is 0 Å². The minimum absolute atomic E-state index is 0.00845. The van der Waals surface area contributed by atoms with Crippen LogP contribution < -0.4 is 10.2 Å². The number of carbonyl (C=O) groups excluding carboxylic acids is 1. The Morgan fingerprint density at radius 1 is 1.24 bits per heavy atom. The van der Waals surface area contributed by atoms with E-state index in [4.69, 9.17) is 4.74 Å². The highest BCUT2D eigenvalue weighted by Crippen LogP contribution is 2.36. The first-order chi connectivity index (χ1) is 10.1. The summed E-state index contributed by atoms with van der Waals surface area (Å²) in [5.74, 6) is 0.414. The molecule has 1 aromatic carbocycles. The second kappa shape index (κ2) is 5.68. The first kappa shape index (κ1) is 14.4. The van der Waals surface area contributed by atoms with Gasteiger partial charge < -0.3 is 15.0 Å². The lowest BCUT2D eigenvalue weighted by Gasteiger charge is -2.28. The SMILES string of the molecule is CC1OC(C)C(C(=O)N2CCCNc3ccccc32)C1C. The molecule has 3 rings (SSSR count). The van der Waals surface area contributed by atoms with E-state index < -0.39 is 0 Å². The van der Waals surface area contributed by atoms with Crippen molar-refractivity contribution in [1.29, 1.82) is 0 Å². The molecule has 2 aliphatic rings. The summed E-state index contributed by atoms with van der Waals surface area (Å²) in [6.45, 7) is 7.88. The normalized spacial score (nSPS) is 32.2. The van der Waals surface area contributed by atoms with Crippen LogP contribution in [0, 0.1) is 11.8 Å². The number of carbonyl (C=O) groups is 1. The average Bonchev–Trinajstić information content (AvgIpc) is 2.66. The van der Waals surface area contributed by atoms with Crippen LogP contribution in [0.4, 0.5) is 11.4 Å². The molecule has 1 aromatic rings. The minimum atomic E-state index is -0.0499. The number of nitrogens with one attached hydrogen (secondary N) is 1. The number of ether oxygens (including phenoxy) is 1. The first-order valence-electron chi connectivity index (χ1n) is 7.89. The molecule has 1 N–H and O–H groups in total. The molecule has 4 nitrogen and oxygen atoms in total. The topological polar surface area (TPSA) is 41.6 Å². The number of rotatable bonds is 1. The summed E-state index contributed by atoms with van der Waals surface area (Å²) in [4.78, 5) is 15.1. The maximum atomic E-state index is 13.1. The number of hydrogen-bond donors (Lipinski definition) is 1. The molecule has 114 valence electrons. The molecule has 4 unspecified atom stereocenters. The van der Waals surface area contributed by atoms with E-state index in [2.05, 4.69) is 19.2 Å². The molecule has 1 amide bonds. The molecule has 21 heavy (non-hydrogen) atoms. The Hall–Kier alpha value is -1.55. The van der Waals surface area contributed by atoms with Gasteiger partial charge in [-0.3, -0.25) is 4.79 Å². The van der Waals surface area contributed by atoms with Crippen LogP contribution in [0.5, 0.6) is 0 Å². The van der Waals surface area contributed by atoms with E-state index in [0.29, 0.717) is 0 Å². The van der Waals surface area contributed by atoms with Gasteiger partial charge in [0.25, 0.3) is 0 Å². The number of para-hydroxylation sites is 2. The van der Waals surface area contributed by atoms with Crippen molar-refractivity contribution in [2.75, 3.05) is 23.3 Å². The van der Waals surface area contributed by atoms with Crippen LogP contribution in [0.15, 0.2) is 24.3 Å². The fraction of sp³-hybridized carbons (Fsp3) is 0.588. The van der Waals surface area contributed by atoms with Gasteiger partial charge in [0.2, 0.25) is 5.91 Å². The van der Waals surface area contributed by atoms with E-state index >= 15 is 0 Å². The fourth-order valence-corrected chi connectivity index (χ4v) is 3.54. The summed E-state index contributed by atoms with van der Waals surface area (Å²) in [5, 5.41) is 3.41. The standard InChI is InChI=1S/C17H24N2O2/c1-11-12(2)21-13(3)16(11)17(20)19-10-6-9-18-14-7-4-5-8-15(14)19/h4-5,7-8,11-13,16,18H,6,9-10H2,1-3H3. The van der Waals surface area contributed by atoms with Gasteiger partial charge in [-0.25, -0.2) is 0 Å². The number of benzene rings is 1. The summed E-state index contributed by atoms with van der Waals surface area (Å²) < 4.78 is 5.85. The summed E-state index contributed by atoms with van der Waals surface area (Å²) in [7, 11) is 0. The lowest BCUT2D eigenvalue weighted by molar-refractivity contribution is -0.124. The number of hydrogen-bond acceptors (Lipinski definition) is 3. The van der Waals surface area contributed by atoms with E-state index in [9.17, 15) is 4.79 Å². The van der Waals surface area contributed by atoms with Gasteiger partial charge in [-0.05, 0) is 38.3 Å². The Kier molecular flexibility index (Phi) is 3.89. The highest BCUT2D eigenvalue weighted by atomic mass is 16.5. The molecule has 0 aromatic heterocycles.